The Morgan fingerprint density at radius 3 is 2.42 bits per heavy atom. The maximum absolute atomic E-state index is 12.5. The van der Waals surface area contributed by atoms with Gasteiger partial charge in [-0.3, -0.25) is 9.48 Å². The monoisotopic (exact) mass is 464 g/mol. The Morgan fingerprint density at radius 1 is 0.970 bits per heavy atom. The van der Waals surface area contributed by atoms with Gasteiger partial charge in [-0.2, -0.15) is 5.10 Å². The van der Waals surface area contributed by atoms with Gasteiger partial charge in [-0.25, -0.2) is 4.98 Å². The van der Waals surface area contributed by atoms with E-state index in [0.29, 0.717) is 23.0 Å². The number of aryl methyl sites for hydroxylation is 1. The third-order valence-electron chi connectivity index (χ3n) is 5.07. The molecule has 0 spiro atoms. The Kier molecular flexibility index (Phi) is 6.60. The summed E-state index contributed by atoms with van der Waals surface area (Å²) >= 11 is 1.48. The number of anilines is 1. The molecule has 4 aromatic rings. The van der Waals surface area contributed by atoms with E-state index in [-0.39, 0.29) is 12.3 Å². The number of ether oxygens (including phenoxy) is 3. The van der Waals surface area contributed by atoms with E-state index >= 15 is 0 Å². The van der Waals surface area contributed by atoms with Crippen molar-refractivity contribution in [2.24, 2.45) is 7.05 Å². The summed E-state index contributed by atoms with van der Waals surface area (Å²) in [6.07, 6.45) is 0.255. The molecule has 0 atom stereocenters. The number of methoxy groups -OCH3 is 3. The molecule has 9 heteroatoms. The van der Waals surface area contributed by atoms with Gasteiger partial charge in [-0.15, -0.1) is 11.3 Å². The van der Waals surface area contributed by atoms with E-state index in [1.807, 2.05) is 53.9 Å². The fourth-order valence-corrected chi connectivity index (χ4v) is 4.11. The van der Waals surface area contributed by atoms with Crippen molar-refractivity contribution < 1.29 is 19.0 Å². The average Bonchev–Trinajstić information content (AvgIpc) is 3.46. The van der Waals surface area contributed by atoms with E-state index in [1.165, 1.54) is 11.3 Å². The summed E-state index contributed by atoms with van der Waals surface area (Å²) in [5, 5.41) is 10.2. The van der Waals surface area contributed by atoms with Gasteiger partial charge in [0.2, 0.25) is 5.91 Å². The second-order valence-electron chi connectivity index (χ2n) is 7.22. The third kappa shape index (κ3) is 4.98. The number of rotatable bonds is 8. The highest BCUT2D eigenvalue weighted by molar-refractivity contribution is 7.13. The molecule has 0 radical (unpaired) electrons. The molecule has 0 saturated carbocycles. The minimum Gasteiger partial charge on any atom is -0.497 e. The smallest absolute Gasteiger partial charge is 0.229 e. The number of hydrogen-bond donors (Lipinski definition) is 1. The molecule has 8 nitrogen and oxygen atoms in total. The zero-order valence-corrected chi connectivity index (χ0v) is 19.6. The normalized spacial score (nSPS) is 10.7. The molecule has 2 aromatic carbocycles. The SMILES string of the molecule is COc1ccc(CC(=O)Nc2cc(-c3nc(-c4ccc(OC)c(OC)c4)cs3)nn2C)cc1. The summed E-state index contributed by atoms with van der Waals surface area (Å²) in [6, 6.07) is 14.9. The van der Waals surface area contributed by atoms with Crippen LogP contribution in [0.4, 0.5) is 5.82 Å². The lowest BCUT2D eigenvalue weighted by Gasteiger charge is -2.08. The number of amides is 1. The second kappa shape index (κ2) is 9.74. The summed E-state index contributed by atoms with van der Waals surface area (Å²) in [5.74, 6) is 2.54. The van der Waals surface area contributed by atoms with E-state index in [9.17, 15) is 4.79 Å². The van der Waals surface area contributed by atoms with Crippen molar-refractivity contribution in [3.63, 3.8) is 0 Å². The highest BCUT2D eigenvalue weighted by Crippen LogP contribution is 2.34. The van der Waals surface area contributed by atoms with E-state index in [2.05, 4.69) is 10.4 Å². The number of hydrogen-bond acceptors (Lipinski definition) is 7. The molecule has 0 fully saturated rings. The molecule has 33 heavy (non-hydrogen) atoms. The number of aromatic nitrogens is 3. The van der Waals surface area contributed by atoms with Crippen molar-refractivity contribution in [1.29, 1.82) is 0 Å². The van der Waals surface area contributed by atoms with Crippen LogP contribution >= 0.6 is 11.3 Å². The maximum Gasteiger partial charge on any atom is 0.229 e. The molecule has 1 N–H and O–H groups in total. The van der Waals surface area contributed by atoms with Crippen LogP contribution in [0.3, 0.4) is 0 Å². The van der Waals surface area contributed by atoms with Crippen molar-refractivity contribution in [2.45, 2.75) is 6.42 Å². The molecular formula is C24H24N4O4S. The topological polar surface area (TPSA) is 87.5 Å². The van der Waals surface area contributed by atoms with Crippen molar-refractivity contribution in [3.8, 4) is 39.2 Å². The predicted molar refractivity (Wildman–Crippen MR) is 128 cm³/mol. The molecule has 0 aliphatic rings. The Labute approximate surface area is 195 Å². The van der Waals surface area contributed by atoms with Crippen LogP contribution in [-0.4, -0.2) is 42.0 Å². The van der Waals surface area contributed by atoms with E-state index < -0.39 is 0 Å². The molecule has 0 bridgehead atoms. The molecule has 1 amide bonds. The molecular weight excluding hydrogens is 440 g/mol. The second-order valence-corrected chi connectivity index (χ2v) is 8.08. The van der Waals surface area contributed by atoms with E-state index in [0.717, 1.165) is 27.6 Å². The zero-order chi connectivity index (χ0) is 23.4. The molecule has 2 aromatic heterocycles. The summed E-state index contributed by atoms with van der Waals surface area (Å²) in [7, 11) is 6.61. The van der Waals surface area contributed by atoms with Gasteiger partial charge in [0.05, 0.1) is 33.4 Å². The first-order valence-corrected chi connectivity index (χ1v) is 11.0. The number of carbonyl (C=O) groups excluding carboxylic acids is 1. The van der Waals surface area contributed by atoms with Crippen LogP contribution in [0.15, 0.2) is 53.9 Å². The van der Waals surface area contributed by atoms with Crippen LogP contribution in [0, 0.1) is 0 Å². The van der Waals surface area contributed by atoms with Gasteiger partial charge in [-0.05, 0) is 35.9 Å². The lowest BCUT2D eigenvalue weighted by Crippen LogP contribution is -2.16. The van der Waals surface area contributed by atoms with Crippen LogP contribution in [0.1, 0.15) is 5.56 Å². The Balaban J connectivity index is 1.48. The number of nitrogens with one attached hydrogen (secondary N) is 1. The number of thiazole rings is 1. The number of carbonyl (C=O) groups is 1. The van der Waals surface area contributed by atoms with E-state index in [1.54, 1.807) is 33.1 Å². The first-order chi connectivity index (χ1) is 16.0. The molecule has 0 aliphatic carbocycles. The minimum atomic E-state index is -0.125. The number of benzene rings is 2. The van der Waals surface area contributed by atoms with Gasteiger partial charge in [0.25, 0.3) is 0 Å². The van der Waals surface area contributed by atoms with Crippen LogP contribution in [0.2, 0.25) is 0 Å². The van der Waals surface area contributed by atoms with Gasteiger partial charge in [-0.1, -0.05) is 12.1 Å². The van der Waals surface area contributed by atoms with Crippen LogP contribution in [0.25, 0.3) is 22.0 Å². The molecule has 4 rings (SSSR count). The van der Waals surface area contributed by atoms with Gasteiger partial charge >= 0.3 is 0 Å². The minimum absolute atomic E-state index is 0.125. The van der Waals surface area contributed by atoms with Gasteiger partial charge in [0.15, 0.2) is 11.5 Å². The Bertz CT molecular complexity index is 1260. The zero-order valence-electron chi connectivity index (χ0n) is 18.8. The Morgan fingerprint density at radius 2 is 1.73 bits per heavy atom. The van der Waals surface area contributed by atoms with Crippen LogP contribution < -0.4 is 19.5 Å². The summed E-state index contributed by atoms with van der Waals surface area (Å²) < 4.78 is 17.5. The fraction of sp³-hybridized carbons (Fsp3) is 0.208. The van der Waals surface area contributed by atoms with Crippen molar-refractivity contribution in [2.75, 3.05) is 26.6 Å². The van der Waals surface area contributed by atoms with Crippen LogP contribution in [0.5, 0.6) is 17.2 Å². The molecule has 0 unspecified atom stereocenters. The van der Waals surface area contributed by atoms with Gasteiger partial charge in [0.1, 0.15) is 22.3 Å². The van der Waals surface area contributed by atoms with Gasteiger partial charge < -0.3 is 19.5 Å². The van der Waals surface area contributed by atoms with Gasteiger partial charge in [0, 0.05) is 24.1 Å². The molecule has 0 aliphatic heterocycles. The number of nitrogens with zero attached hydrogens (tertiary/aromatic N) is 3. The quantitative estimate of drug-likeness (QED) is 0.415. The Hall–Kier alpha value is -3.85. The maximum atomic E-state index is 12.5. The summed E-state index contributed by atoms with van der Waals surface area (Å²) in [6.45, 7) is 0. The summed E-state index contributed by atoms with van der Waals surface area (Å²) in [5.41, 5.74) is 3.31. The lowest BCUT2D eigenvalue weighted by molar-refractivity contribution is -0.115. The first-order valence-electron chi connectivity index (χ1n) is 10.2. The highest BCUT2D eigenvalue weighted by Gasteiger charge is 2.15. The van der Waals surface area contributed by atoms with Crippen LogP contribution in [-0.2, 0) is 18.3 Å². The standard InChI is InChI=1S/C24H24N4O4S/c1-28-22(26-23(29)11-15-5-8-17(30-2)9-6-15)13-18(27-28)24-25-19(14-33-24)16-7-10-20(31-3)21(12-16)32-4/h5-10,12-14H,11H2,1-4H3,(H,26,29). The fourth-order valence-electron chi connectivity index (χ4n) is 3.32. The van der Waals surface area contributed by atoms with Crippen molar-refractivity contribution in [3.05, 3.63) is 59.5 Å². The molecule has 2 heterocycles. The van der Waals surface area contributed by atoms with Crippen molar-refractivity contribution in [1.82, 2.24) is 14.8 Å². The molecule has 170 valence electrons. The van der Waals surface area contributed by atoms with E-state index in [4.69, 9.17) is 19.2 Å². The van der Waals surface area contributed by atoms with Crippen molar-refractivity contribution >= 4 is 23.1 Å². The highest BCUT2D eigenvalue weighted by atomic mass is 32.1. The third-order valence-corrected chi connectivity index (χ3v) is 5.94. The summed E-state index contributed by atoms with van der Waals surface area (Å²) in [4.78, 5) is 17.2. The first kappa shape index (κ1) is 22.3. The predicted octanol–water partition coefficient (Wildman–Crippen LogP) is 4.42. The average molecular weight is 465 g/mol. The lowest BCUT2D eigenvalue weighted by atomic mass is 10.1. The molecule has 0 saturated heterocycles. The largest absolute Gasteiger partial charge is 0.497 e.